The van der Waals surface area contributed by atoms with Gasteiger partial charge in [-0.15, -0.1) is 0 Å². The molecule has 0 fully saturated rings. The van der Waals surface area contributed by atoms with Gasteiger partial charge in [0.2, 0.25) is 5.52 Å². The van der Waals surface area contributed by atoms with Crippen LogP contribution in [0, 0.1) is 0 Å². The number of benzene rings is 1. The van der Waals surface area contributed by atoms with E-state index in [9.17, 15) is 9.90 Å². The Labute approximate surface area is 98.0 Å². The van der Waals surface area contributed by atoms with Crippen LogP contribution in [0.3, 0.4) is 0 Å². The quantitative estimate of drug-likeness (QED) is 0.699. The summed E-state index contributed by atoms with van der Waals surface area (Å²) in [6.07, 6.45) is 0. The monoisotopic (exact) mass is 235 g/mol. The van der Waals surface area contributed by atoms with Crippen LogP contribution in [0.4, 0.5) is 0 Å². The molecule has 1 aromatic heterocycles. The lowest BCUT2D eigenvalue weighted by Crippen LogP contribution is -2.54. The van der Waals surface area contributed by atoms with E-state index in [0.717, 1.165) is 10.2 Å². The Bertz CT molecular complexity index is 552. The number of carbonyl (C=O) groups excluding carboxylic acids is 1. The Hall–Kier alpha value is -1.42. The minimum Gasteiger partial charge on any atom is -0.539 e. The number of carbonyl (C=O) groups is 1. The number of hydrogen-bond donors (Lipinski definition) is 0. The van der Waals surface area contributed by atoms with E-state index >= 15 is 0 Å². The molecule has 0 aliphatic carbocycles. The molecule has 0 aliphatic rings. The van der Waals surface area contributed by atoms with E-state index < -0.39 is 5.97 Å². The van der Waals surface area contributed by atoms with E-state index in [2.05, 4.69) is 0 Å². The number of carboxylic acids is 1. The van der Waals surface area contributed by atoms with Crippen molar-refractivity contribution in [2.45, 2.75) is 26.3 Å². The molecule has 0 bridgehead atoms. The van der Waals surface area contributed by atoms with Gasteiger partial charge in [-0.05, 0) is 6.07 Å². The molecular weight excluding hydrogens is 222 g/mol. The first-order chi connectivity index (χ1) is 7.41. The molecule has 2 aromatic rings. The normalized spacial score (nSPS) is 11.9. The summed E-state index contributed by atoms with van der Waals surface area (Å²) in [6.45, 7) is 5.95. The summed E-state index contributed by atoms with van der Waals surface area (Å²) >= 11 is 1.26. The minimum atomic E-state index is -1.11. The molecule has 1 heterocycles. The second-order valence-corrected chi connectivity index (χ2v) is 5.70. The molecule has 0 unspecified atom stereocenters. The third kappa shape index (κ3) is 1.69. The summed E-state index contributed by atoms with van der Waals surface area (Å²) in [5, 5.41) is 11.4. The highest BCUT2D eigenvalue weighted by molar-refractivity contribution is 7.19. The Morgan fingerprint density at radius 1 is 1.31 bits per heavy atom. The molecule has 0 spiro atoms. The largest absolute Gasteiger partial charge is 0.539 e. The first-order valence-corrected chi connectivity index (χ1v) is 5.88. The fourth-order valence-electron chi connectivity index (χ4n) is 1.79. The Morgan fingerprint density at radius 2 is 1.94 bits per heavy atom. The average molecular weight is 235 g/mol. The highest BCUT2D eigenvalue weighted by atomic mass is 32.1. The zero-order valence-corrected chi connectivity index (χ0v) is 10.3. The van der Waals surface area contributed by atoms with Crippen molar-refractivity contribution in [1.29, 1.82) is 0 Å². The van der Waals surface area contributed by atoms with E-state index in [1.54, 1.807) is 0 Å². The SMILES string of the molecule is CC(C)(C)[n+]1c(C(=O)[O-])sc2ccccc21. The minimum absolute atomic E-state index is 0.269. The molecule has 0 atom stereocenters. The highest BCUT2D eigenvalue weighted by Gasteiger charge is 2.31. The fraction of sp³-hybridized carbons (Fsp3) is 0.333. The van der Waals surface area contributed by atoms with Crippen molar-refractivity contribution in [3.05, 3.63) is 29.3 Å². The second kappa shape index (κ2) is 3.56. The number of aromatic carboxylic acids is 1. The predicted molar refractivity (Wildman–Crippen MR) is 61.3 cm³/mol. The Kier molecular flexibility index (Phi) is 2.46. The smallest absolute Gasteiger partial charge is 0.286 e. The molecule has 2 rings (SSSR count). The maximum Gasteiger partial charge on any atom is 0.286 e. The van der Waals surface area contributed by atoms with Crippen LogP contribution < -0.4 is 9.67 Å². The van der Waals surface area contributed by atoms with Gasteiger partial charge in [0.05, 0.1) is 0 Å². The summed E-state index contributed by atoms with van der Waals surface area (Å²) in [7, 11) is 0. The van der Waals surface area contributed by atoms with Gasteiger partial charge in [-0.1, -0.05) is 23.5 Å². The lowest BCUT2D eigenvalue weighted by atomic mass is 10.1. The van der Waals surface area contributed by atoms with Crippen LogP contribution in [0.5, 0.6) is 0 Å². The van der Waals surface area contributed by atoms with Gasteiger partial charge in [0, 0.05) is 26.8 Å². The summed E-state index contributed by atoms with van der Waals surface area (Å²) in [5.74, 6) is -1.11. The molecule has 0 N–H and O–H groups in total. The maximum absolute atomic E-state index is 11.1. The molecule has 0 saturated carbocycles. The molecule has 84 valence electrons. The van der Waals surface area contributed by atoms with Gasteiger partial charge < -0.3 is 9.90 Å². The van der Waals surface area contributed by atoms with E-state index in [0.29, 0.717) is 0 Å². The van der Waals surface area contributed by atoms with Gasteiger partial charge in [-0.25, -0.2) is 0 Å². The fourth-order valence-corrected chi connectivity index (χ4v) is 2.95. The number of fused-ring (bicyclic) bond motifs is 1. The van der Waals surface area contributed by atoms with Gasteiger partial charge in [-0.2, -0.15) is 4.57 Å². The lowest BCUT2D eigenvalue weighted by Gasteiger charge is -2.14. The van der Waals surface area contributed by atoms with Crippen molar-refractivity contribution in [3.8, 4) is 0 Å². The van der Waals surface area contributed by atoms with Crippen molar-refractivity contribution >= 4 is 27.5 Å². The van der Waals surface area contributed by atoms with Crippen molar-refractivity contribution in [2.75, 3.05) is 0 Å². The number of para-hydroxylation sites is 1. The van der Waals surface area contributed by atoms with E-state index in [4.69, 9.17) is 0 Å². The number of nitrogens with zero attached hydrogens (tertiary/aromatic N) is 1. The van der Waals surface area contributed by atoms with Crippen molar-refractivity contribution in [1.82, 2.24) is 0 Å². The zero-order valence-electron chi connectivity index (χ0n) is 9.48. The van der Waals surface area contributed by atoms with Gasteiger partial charge in [0.1, 0.15) is 4.70 Å². The summed E-state index contributed by atoms with van der Waals surface area (Å²) in [6, 6.07) is 7.68. The molecule has 0 aliphatic heterocycles. The Morgan fingerprint density at radius 3 is 2.50 bits per heavy atom. The number of carboxylic acid groups (broad SMARTS) is 1. The summed E-state index contributed by atoms with van der Waals surface area (Å²) in [5.41, 5.74) is 0.675. The van der Waals surface area contributed by atoms with Gasteiger partial charge in [-0.3, -0.25) is 0 Å². The van der Waals surface area contributed by atoms with Crippen LogP contribution >= 0.6 is 11.3 Å². The first kappa shape index (κ1) is 11.1. The van der Waals surface area contributed by atoms with Crippen LogP contribution in [0.15, 0.2) is 24.3 Å². The first-order valence-electron chi connectivity index (χ1n) is 5.06. The topological polar surface area (TPSA) is 44.0 Å². The molecule has 1 aromatic carbocycles. The van der Waals surface area contributed by atoms with E-state index in [1.807, 2.05) is 49.6 Å². The van der Waals surface area contributed by atoms with Crippen molar-refractivity contribution < 1.29 is 14.5 Å². The molecule has 0 amide bonds. The molecule has 4 heteroatoms. The summed E-state index contributed by atoms with van der Waals surface area (Å²) < 4.78 is 2.79. The summed E-state index contributed by atoms with van der Waals surface area (Å²) in [4.78, 5) is 11.1. The van der Waals surface area contributed by atoms with Crippen LogP contribution in [-0.2, 0) is 5.54 Å². The van der Waals surface area contributed by atoms with Crippen LogP contribution in [0.2, 0.25) is 0 Å². The third-order valence-corrected chi connectivity index (χ3v) is 3.47. The molecule has 3 nitrogen and oxygen atoms in total. The van der Waals surface area contributed by atoms with Gasteiger partial charge in [0.25, 0.3) is 5.01 Å². The van der Waals surface area contributed by atoms with Gasteiger partial charge >= 0.3 is 0 Å². The van der Waals surface area contributed by atoms with Crippen molar-refractivity contribution in [3.63, 3.8) is 0 Å². The number of rotatable bonds is 1. The highest BCUT2D eigenvalue weighted by Crippen LogP contribution is 2.23. The predicted octanol–water partition coefficient (Wildman–Crippen LogP) is 1.31. The Balaban J connectivity index is 2.85. The maximum atomic E-state index is 11.1. The van der Waals surface area contributed by atoms with Gasteiger partial charge in [0.15, 0.2) is 11.5 Å². The van der Waals surface area contributed by atoms with E-state index in [-0.39, 0.29) is 10.5 Å². The lowest BCUT2D eigenvalue weighted by molar-refractivity contribution is -0.730. The van der Waals surface area contributed by atoms with Crippen molar-refractivity contribution in [2.24, 2.45) is 0 Å². The van der Waals surface area contributed by atoms with Crippen LogP contribution in [0.25, 0.3) is 10.2 Å². The number of hydrogen-bond acceptors (Lipinski definition) is 3. The number of aromatic nitrogens is 1. The molecule has 0 saturated heterocycles. The number of thiazole rings is 1. The standard InChI is InChI=1S/C12H13NO2S/c1-12(2,3)13-8-6-4-5-7-9(8)16-10(13)11(14)15/h4-7H,1-3H3. The molecule has 0 radical (unpaired) electrons. The molecule has 16 heavy (non-hydrogen) atoms. The van der Waals surface area contributed by atoms with E-state index in [1.165, 1.54) is 11.3 Å². The average Bonchev–Trinajstić information content (AvgIpc) is 2.55. The van der Waals surface area contributed by atoms with Crippen LogP contribution in [0.1, 0.15) is 30.6 Å². The second-order valence-electron chi connectivity index (χ2n) is 4.67. The zero-order chi connectivity index (χ0) is 11.9. The third-order valence-electron chi connectivity index (χ3n) is 2.36. The van der Waals surface area contributed by atoms with Crippen LogP contribution in [-0.4, -0.2) is 5.97 Å². The molecular formula is C12H13NO2S.